The summed E-state index contributed by atoms with van der Waals surface area (Å²) in [6.45, 7) is 0.784. The van der Waals surface area contributed by atoms with Gasteiger partial charge >= 0.3 is 0 Å². The predicted octanol–water partition coefficient (Wildman–Crippen LogP) is 2.60. The lowest BCUT2D eigenvalue weighted by Gasteiger charge is -2.09. The van der Waals surface area contributed by atoms with Crippen molar-refractivity contribution in [2.45, 2.75) is 0 Å². The first kappa shape index (κ1) is 12.8. The zero-order valence-corrected chi connectivity index (χ0v) is 10.4. The van der Waals surface area contributed by atoms with Crippen molar-refractivity contribution in [2.24, 2.45) is 0 Å². The number of anilines is 1. The van der Waals surface area contributed by atoms with E-state index >= 15 is 0 Å². The fourth-order valence-corrected chi connectivity index (χ4v) is 1.56. The Balaban J connectivity index is 1.81. The lowest BCUT2D eigenvalue weighted by Crippen LogP contribution is -2.09. The molecule has 0 fully saturated rings. The fraction of sp³-hybridized carbons (Fsp3) is 0.133. The minimum atomic E-state index is 0.378. The lowest BCUT2D eigenvalue weighted by molar-refractivity contribution is 0.217. The average molecular weight is 254 g/mol. The molecule has 0 bridgehead atoms. The Bertz CT molecular complexity index is 573. The van der Waals surface area contributed by atoms with Crippen molar-refractivity contribution in [3.63, 3.8) is 0 Å². The predicted molar refractivity (Wildman–Crippen MR) is 73.0 cm³/mol. The van der Waals surface area contributed by atoms with Crippen LogP contribution in [0.3, 0.4) is 0 Å². The van der Waals surface area contributed by atoms with Gasteiger partial charge in [0.1, 0.15) is 30.8 Å². The summed E-state index contributed by atoms with van der Waals surface area (Å²) >= 11 is 0. The second-order valence-electron chi connectivity index (χ2n) is 3.87. The summed E-state index contributed by atoms with van der Waals surface area (Å²) in [7, 11) is 0. The molecule has 0 radical (unpaired) electrons. The van der Waals surface area contributed by atoms with Gasteiger partial charge in [-0.2, -0.15) is 5.26 Å². The first-order valence-electron chi connectivity index (χ1n) is 5.90. The van der Waals surface area contributed by atoms with Crippen molar-refractivity contribution in [1.82, 2.24) is 0 Å². The van der Waals surface area contributed by atoms with Gasteiger partial charge in [-0.15, -0.1) is 0 Å². The molecule has 0 aliphatic carbocycles. The Morgan fingerprint density at radius 1 is 0.947 bits per heavy atom. The van der Waals surface area contributed by atoms with Gasteiger partial charge in [0.2, 0.25) is 0 Å². The third kappa shape index (κ3) is 3.65. The highest BCUT2D eigenvalue weighted by Gasteiger charge is 2.01. The highest BCUT2D eigenvalue weighted by molar-refractivity contribution is 5.42. The summed E-state index contributed by atoms with van der Waals surface area (Å²) < 4.78 is 11.0. The molecule has 0 saturated heterocycles. The summed E-state index contributed by atoms with van der Waals surface area (Å²) in [6, 6.07) is 16.4. The molecule has 2 aromatic rings. The molecule has 0 aromatic heterocycles. The second-order valence-corrected chi connectivity index (χ2v) is 3.87. The van der Waals surface area contributed by atoms with Gasteiger partial charge < -0.3 is 15.2 Å². The summed E-state index contributed by atoms with van der Waals surface area (Å²) in [6.07, 6.45) is 0. The zero-order valence-electron chi connectivity index (χ0n) is 10.4. The number of hydrogen-bond donors (Lipinski definition) is 1. The maximum atomic E-state index is 8.91. The van der Waals surface area contributed by atoms with Gasteiger partial charge in [-0.05, 0) is 36.4 Å². The lowest BCUT2D eigenvalue weighted by atomic mass is 10.2. The number of benzene rings is 2. The molecule has 0 unspecified atom stereocenters. The Morgan fingerprint density at radius 3 is 2.37 bits per heavy atom. The highest BCUT2D eigenvalue weighted by atomic mass is 16.5. The Kier molecular flexibility index (Phi) is 4.25. The molecule has 0 amide bonds. The Morgan fingerprint density at radius 2 is 1.63 bits per heavy atom. The van der Waals surface area contributed by atoms with E-state index in [0.717, 1.165) is 5.75 Å². The van der Waals surface area contributed by atoms with E-state index in [2.05, 4.69) is 6.07 Å². The highest BCUT2D eigenvalue weighted by Crippen LogP contribution is 2.17. The van der Waals surface area contributed by atoms with E-state index in [1.165, 1.54) is 0 Å². The number of rotatable bonds is 5. The van der Waals surface area contributed by atoms with E-state index in [9.17, 15) is 0 Å². The van der Waals surface area contributed by atoms with Crippen LogP contribution in [0.25, 0.3) is 0 Å². The van der Waals surface area contributed by atoms with Crippen molar-refractivity contribution in [2.75, 3.05) is 18.9 Å². The van der Waals surface area contributed by atoms with E-state index in [1.54, 1.807) is 42.5 Å². The molecule has 0 saturated carbocycles. The number of nitrogens with zero attached hydrogens (tertiary/aromatic N) is 1. The van der Waals surface area contributed by atoms with Gasteiger partial charge in [-0.1, -0.05) is 12.1 Å². The monoisotopic (exact) mass is 254 g/mol. The van der Waals surface area contributed by atoms with Crippen molar-refractivity contribution >= 4 is 5.69 Å². The number of nitriles is 1. The first-order chi connectivity index (χ1) is 9.29. The van der Waals surface area contributed by atoms with Crippen LogP contribution in [0.15, 0.2) is 48.5 Å². The first-order valence-corrected chi connectivity index (χ1v) is 5.90. The fourth-order valence-electron chi connectivity index (χ4n) is 1.56. The summed E-state index contributed by atoms with van der Waals surface area (Å²) in [5, 5.41) is 8.91. The van der Waals surface area contributed by atoms with Crippen LogP contribution in [0.1, 0.15) is 5.56 Å². The van der Waals surface area contributed by atoms with E-state index in [4.69, 9.17) is 20.5 Å². The summed E-state index contributed by atoms with van der Waals surface area (Å²) in [5.41, 5.74) is 6.80. The smallest absolute Gasteiger partial charge is 0.137 e. The molecule has 0 heterocycles. The van der Waals surface area contributed by atoms with Gasteiger partial charge in [-0.3, -0.25) is 0 Å². The quantitative estimate of drug-likeness (QED) is 0.657. The Labute approximate surface area is 112 Å². The normalized spacial score (nSPS) is 9.63. The average Bonchev–Trinajstić information content (AvgIpc) is 2.46. The molecular weight excluding hydrogens is 240 g/mol. The van der Waals surface area contributed by atoms with Gasteiger partial charge in [-0.25, -0.2) is 0 Å². The maximum absolute atomic E-state index is 8.91. The second kappa shape index (κ2) is 6.31. The van der Waals surface area contributed by atoms with Crippen LogP contribution in [0.4, 0.5) is 5.69 Å². The van der Waals surface area contributed by atoms with Crippen molar-refractivity contribution in [1.29, 1.82) is 5.26 Å². The number of para-hydroxylation sites is 1. The van der Waals surface area contributed by atoms with Crippen LogP contribution in [-0.4, -0.2) is 13.2 Å². The van der Waals surface area contributed by atoms with Crippen LogP contribution in [0.2, 0.25) is 0 Å². The number of ether oxygens (including phenoxy) is 2. The molecular formula is C15H14N2O2. The van der Waals surface area contributed by atoms with Crippen LogP contribution in [-0.2, 0) is 0 Å². The van der Waals surface area contributed by atoms with Crippen molar-refractivity contribution in [3.05, 3.63) is 54.1 Å². The summed E-state index contributed by atoms with van der Waals surface area (Å²) in [5.74, 6) is 1.32. The SMILES string of the molecule is N#Cc1ccccc1OCCOc1ccc(N)cc1. The van der Waals surface area contributed by atoms with E-state index in [0.29, 0.717) is 30.2 Å². The zero-order chi connectivity index (χ0) is 13.5. The third-order valence-electron chi connectivity index (χ3n) is 2.50. The third-order valence-corrected chi connectivity index (χ3v) is 2.50. The molecule has 0 spiro atoms. The molecule has 2 aromatic carbocycles. The van der Waals surface area contributed by atoms with Crippen molar-refractivity contribution < 1.29 is 9.47 Å². The molecule has 19 heavy (non-hydrogen) atoms. The number of nitrogen functional groups attached to an aromatic ring is 1. The van der Waals surface area contributed by atoms with Crippen molar-refractivity contribution in [3.8, 4) is 17.6 Å². The van der Waals surface area contributed by atoms with Crippen LogP contribution in [0, 0.1) is 11.3 Å². The molecule has 0 aliphatic heterocycles. The minimum Gasteiger partial charge on any atom is -0.490 e. The number of hydrogen-bond acceptors (Lipinski definition) is 4. The molecule has 0 aliphatic rings. The van der Waals surface area contributed by atoms with Gasteiger partial charge in [0.25, 0.3) is 0 Å². The van der Waals surface area contributed by atoms with Crippen LogP contribution in [0.5, 0.6) is 11.5 Å². The van der Waals surface area contributed by atoms with E-state index in [1.807, 2.05) is 6.07 Å². The standard InChI is InChI=1S/C15H14N2O2/c16-11-12-3-1-2-4-15(12)19-10-9-18-14-7-5-13(17)6-8-14/h1-8H,9-10,17H2. The molecule has 2 N–H and O–H groups in total. The molecule has 96 valence electrons. The molecule has 0 atom stereocenters. The maximum Gasteiger partial charge on any atom is 0.137 e. The van der Waals surface area contributed by atoms with Gasteiger partial charge in [0.15, 0.2) is 0 Å². The largest absolute Gasteiger partial charge is 0.490 e. The molecule has 2 rings (SSSR count). The van der Waals surface area contributed by atoms with Crippen LogP contribution < -0.4 is 15.2 Å². The molecule has 4 heteroatoms. The minimum absolute atomic E-state index is 0.378. The van der Waals surface area contributed by atoms with E-state index in [-0.39, 0.29) is 0 Å². The number of nitrogens with two attached hydrogens (primary N) is 1. The van der Waals surface area contributed by atoms with Gasteiger partial charge in [0.05, 0.1) is 5.56 Å². The topological polar surface area (TPSA) is 68.3 Å². The summed E-state index contributed by atoms with van der Waals surface area (Å²) in [4.78, 5) is 0. The van der Waals surface area contributed by atoms with Gasteiger partial charge in [0, 0.05) is 5.69 Å². The van der Waals surface area contributed by atoms with E-state index < -0.39 is 0 Å². The molecule has 4 nitrogen and oxygen atoms in total. The Hall–Kier alpha value is -2.67. The van der Waals surface area contributed by atoms with Crippen LogP contribution >= 0.6 is 0 Å².